The second kappa shape index (κ2) is 4.63. The van der Waals surface area contributed by atoms with Crippen LogP contribution in [0.4, 0.5) is 0 Å². The van der Waals surface area contributed by atoms with E-state index in [1.54, 1.807) is 5.37 Å². The van der Waals surface area contributed by atoms with Gasteiger partial charge in [-0.25, -0.2) is 4.99 Å². The molecule has 0 aromatic heterocycles. The van der Waals surface area contributed by atoms with Crippen LogP contribution in [0.15, 0.2) is 45.5 Å². The van der Waals surface area contributed by atoms with Gasteiger partial charge in [-0.05, 0) is 5.56 Å². The molecule has 0 unspecified atom stereocenters. The van der Waals surface area contributed by atoms with Crippen molar-refractivity contribution in [3.63, 3.8) is 0 Å². The van der Waals surface area contributed by atoms with E-state index < -0.39 is 0 Å². The minimum Gasteiger partial charge on any atom is -0.308 e. The maximum atomic E-state index is 6.28. The van der Waals surface area contributed by atoms with Crippen LogP contribution in [0.1, 0.15) is 5.56 Å². The van der Waals surface area contributed by atoms with Crippen molar-refractivity contribution >= 4 is 46.4 Å². The van der Waals surface area contributed by atoms with Crippen molar-refractivity contribution in [3.8, 4) is 0 Å². The molecule has 0 spiro atoms. The number of thiocarbonyl (C=S) groups is 1. The van der Waals surface area contributed by atoms with Crippen molar-refractivity contribution in [2.24, 2.45) is 9.98 Å². The molecule has 2 heterocycles. The standard InChI is InChI=1S/C13H10ClN3S/c14-12-11(9-4-2-1-3-5-9)13-15-6-7-17(13)10(8-18)16-12/h1-5,8H,6-7H2. The van der Waals surface area contributed by atoms with Crippen LogP contribution >= 0.6 is 23.8 Å². The molecule has 0 saturated heterocycles. The molecule has 2 aliphatic heterocycles. The lowest BCUT2D eigenvalue weighted by Gasteiger charge is -2.25. The SMILES string of the molecule is S=CC1=NC(Cl)=C(c2ccccc2)C2=NCCN12. The van der Waals surface area contributed by atoms with Crippen molar-refractivity contribution in [2.45, 2.75) is 0 Å². The molecule has 3 rings (SSSR count). The van der Waals surface area contributed by atoms with Gasteiger partial charge in [-0.3, -0.25) is 4.99 Å². The molecule has 0 saturated carbocycles. The van der Waals surface area contributed by atoms with Gasteiger partial charge in [-0.15, -0.1) is 0 Å². The lowest BCUT2D eigenvalue weighted by Crippen LogP contribution is -2.38. The van der Waals surface area contributed by atoms with Gasteiger partial charge in [0.05, 0.1) is 12.1 Å². The first kappa shape index (κ1) is 11.6. The molecule has 0 aliphatic carbocycles. The van der Waals surface area contributed by atoms with Gasteiger partial charge in [-0.1, -0.05) is 54.2 Å². The summed E-state index contributed by atoms with van der Waals surface area (Å²) < 4.78 is 0. The Morgan fingerprint density at radius 3 is 2.78 bits per heavy atom. The Balaban J connectivity index is 2.17. The highest BCUT2D eigenvalue weighted by molar-refractivity contribution is 7.80. The van der Waals surface area contributed by atoms with Crippen LogP contribution in [0.3, 0.4) is 0 Å². The first-order valence-corrected chi connectivity index (χ1v) is 6.47. The largest absolute Gasteiger partial charge is 0.308 e. The molecule has 5 heteroatoms. The summed E-state index contributed by atoms with van der Waals surface area (Å²) in [6, 6.07) is 9.94. The number of hydrogen-bond acceptors (Lipinski definition) is 4. The van der Waals surface area contributed by atoms with Gasteiger partial charge in [0.2, 0.25) is 0 Å². The molecule has 2 aliphatic rings. The van der Waals surface area contributed by atoms with Gasteiger partial charge in [0, 0.05) is 11.9 Å². The van der Waals surface area contributed by atoms with E-state index in [2.05, 4.69) is 9.98 Å². The Hall–Kier alpha value is -1.52. The molecule has 3 nitrogen and oxygen atoms in total. The van der Waals surface area contributed by atoms with Gasteiger partial charge in [0.15, 0.2) is 0 Å². The third-order valence-electron chi connectivity index (χ3n) is 2.93. The third kappa shape index (κ3) is 1.78. The Morgan fingerprint density at radius 2 is 2.06 bits per heavy atom. The summed E-state index contributed by atoms with van der Waals surface area (Å²) >= 11 is 11.2. The van der Waals surface area contributed by atoms with Crippen molar-refractivity contribution in [2.75, 3.05) is 13.1 Å². The maximum Gasteiger partial charge on any atom is 0.146 e. The molecular formula is C13H10ClN3S. The molecule has 1 aromatic carbocycles. The van der Waals surface area contributed by atoms with Crippen LogP contribution in [0, 0.1) is 0 Å². The minimum atomic E-state index is 0.453. The Labute approximate surface area is 115 Å². The summed E-state index contributed by atoms with van der Waals surface area (Å²) in [6.07, 6.45) is 0. The molecule has 0 fully saturated rings. The molecule has 18 heavy (non-hydrogen) atoms. The van der Waals surface area contributed by atoms with Crippen molar-refractivity contribution in [1.82, 2.24) is 4.90 Å². The van der Waals surface area contributed by atoms with E-state index in [-0.39, 0.29) is 0 Å². The number of benzene rings is 1. The van der Waals surface area contributed by atoms with Crippen molar-refractivity contribution in [3.05, 3.63) is 41.1 Å². The molecule has 0 bridgehead atoms. The average Bonchev–Trinajstić information content (AvgIpc) is 2.87. The summed E-state index contributed by atoms with van der Waals surface area (Å²) in [7, 11) is 0. The lowest BCUT2D eigenvalue weighted by molar-refractivity contribution is 0.675. The number of amidine groups is 2. The Morgan fingerprint density at radius 1 is 1.28 bits per heavy atom. The van der Waals surface area contributed by atoms with Crippen LogP contribution in [0.2, 0.25) is 0 Å². The lowest BCUT2D eigenvalue weighted by atomic mass is 10.0. The topological polar surface area (TPSA) is 28.0 Å². The summed E-state index contributed by atoms with van der Waals surface area (Å²) in [5.41, 5.74) is 1.91. The second-order valence-electron chi connectivity index (χ2n) is 3.98. The average molecular weight is 276 g/mol. The first-order valence-electron chi connectivity index (χ1n) is 5.62. The third-order valence-corrected chi connectivity index (χ3v) is 3.41. The highest BCUT2D eigenvalue weighted by Crippen LogP contribution is 2.30. The monoisotopic (exact) mass is 275 g/mol. The van der Waals surface area contributed by atoms with E-state index in [9.17, 15) is 0 Å². The number of halogens is 1. The molecular weight excluding hydrogens is 266 g/mol. The van der Waals surface area contributed by atoms with Crippen LogP contribution in [-0.4, -0.2) is 35.0 Å². The fraction of sp³-hybridized carbons (Fsp3) is 0.154. The number of nitrogens with zero attached hydrogens (tertiary/aromatic N) is 3. The number of rotatable bonds is 2. The Kier molecular flexibility index (Phi) is 2.97. The molecule has 0 radical (unpaired) electrons. The molecule has 0 atom stereocenters. The smallest absolute Gasteiger partial charge is 0.146 e. The predicted octanol–water partition coefficient (Wildman–Crippen LogP) is 2.72. The zero-order chi connectivity index (χ0) is 12.5. The zero-order valence-electron chi connectivity index (χ0n) is 9.51. The Bertz CT molecular complexity index is 590. The fourth-order valence-corrected chi connectivity index (χ4v) is 2.60. The summed E-state index contributed by atoms with van der Waals surface area (Å²) in [5.74, 6) is 1.57. The predicted molar refractivity (Wildman–Crippen MR) is 79.3 cm³/mol. The highest BCUT2D eigenvalue weighted by atomic mass is 35.5. The van der Waals surface area contributed by atoms with Gasteiger partial charge in [0.25, 0.3) is 0 Å². The number of hydrogen-bond donors (Lipinski definition) is 0. The van der Waals surface area contributed by atoms with Gasteiger partial charge in [-0.2, -0.15) is 0 Å². The molecule has 0 N–H and O–H groups in total. The molecule has 0 amide bonds. The minimum absolute atomic E-state index is 0.453. The quantitative estimate of drug-likeness (QED) is 0.613. The van der Waals surface area contributed by atoms with Gasteiger partial charge < -0.3 is 4.90 Å². The number of aliphatic imine (C=N–C) groups is 2. The molecule has 1 aromatic rings. The highest BCUT2D eigenvalue weighted by Gasteiger charge is 2.30. The van der Waals surface area contributed by atoms with E-state index in [0.717, 1.165) is 30.1 Å². The normalized spacial score (nSPS) is 18.4. The summed E-state index contributed by atoms with van der Waals surface area (Å²) in [5, 5.41) is 2.00. The zero-order valence-corrected chi connectivity index (χ0v) is 11.1. The van der Waals surface area contributed by atoms with Crippen LogP contribution in [-0.2, 0) is 0 Å². The maximum absolute atomic E-state index is 6.28. The van der Waals surface area contributed by atoms with E-state index in [0.29, 0.717) is 11.0 Å². The van der Waals surface area contributed by atoms with Crippen LogP contribution < -0.4 is 0 Å². The van der Waals surface area contributed by atoms with E-state index in [4.69, 9.17) is 23.8 Å². The van der Waals surface area contributed by atoms with Crippen LogP contribution in [0.5, 0.6) is 0 Å². The van der Waals surface area contributed by atoms with Gasteiger partial charge in [0.1, 0.15) is 16.8 Å². The first-order chi connectivity index (χ1) is 8.81. The van der Waals surface area contributed by atoms with E-state index in [1.165, 1.54) is 0 Å². The molecule has 90 valence electrons. The second-order valence-corrected chi connectivity index (χ2v) is 4.57. The van der Waals surface area contributed by atoms with Crippen molar-refractivity contribution in [1.29, 1.82) is 0 Å². The van der Waals surface area contributed by atoms with Crippen molar-refractivity contribution < 1.29 is 0 Å². The number of fused-ring (bicyclic) bond motifs is 1. The fourth-order valence-electron chi connectivity index (χ4n) is 2.14. The summed E-state index contributed by atoms with van der Waals surface area (Å²) in [6.45, 7) is 1.56. The summed E-state index contributed by atoms with van der Waals surface area (Å²) in [4.78, 5) is 10.9. The van der Waals surface area contributed by atoms with E-state index in [1.807, 2.05) is 35.2 Å². The van der Waals surface area contributed by atoms with Gasteiger partial charge >= 0.3 is 0 Å². The van der Waals surface area contributed by atoms with E-state index >= 15 is 0 Å². The van der Waals surface area contributed by atoms with Crippen LogP contribution in [0.25, 0.3) is 5.57 Å².